The number of hydrogen-bond donors (Lipinski definition) is 5. The highest BCUT2D eigenvalue weighted by atomic mass is 32.2. The lowest BCUT2D eigenvalue weighted by Gasteiger charge is -2.44. The van der Waals surface area contributed by atoms with Crippen LogP contribution in [-0.4, -0.2) is 89.0 Å². The molecule has 0 radical (unpaired) electrons. The van der Waals surface area contributed by atoms with E-state index < -0.39 is 67.6 Å². The molecule has 13 heteroatoms. The Balaban J connectivity index is 1.37. The summed E-state index contributed by atoms with van der Waals surface area (Å²) in [5.41, 5.74) is 3.85. The number of ketones is 1. The van der Waals surface area contributed by atoms with Crippen LogP contribution in [0, 0.1) is 28.6 Å². The van der Waals surface area contributed by atoms with E-state index in [1.165, 1.54) is 0 Å². The number of nitrogens with one attached hydrogen (secondary N) is 3. The van der Waals surface area contributed by atoms with Gasteiger partial charge in [0.1, 0.15) is 12.3 Å². The Morgan fingerprint density at radius 1 is 0.896 bits per heavy atom. The first-order valence-electron chi connectivity index (χ1n) is 18.1. The molecule has 5 rings (SSSR count). The first-order chi connectivity index (χ1) is 22.2. The topological polar surface area (TPSA) is 188 Å². The van der Waals surface area contributed by atoms with Crippen molar-refractivity contribution in [3.8, 4) is 0 Å². The van der Waals surface area contributed by atoms with Crippen molar-refractivity contribution in [2.75, 3.05) is 12.3 Å². The molecule has 1 spiro atoms. The van der Waals surface area contributed by atoms with Gasteiger partial charge in [-0.15, -0.1) is 0 Å². The van der Waals surface area contributed by atoms with Gasteiger partial charge in [-0.3, -0.25) is 19.3 Å². The number of Topliss-reactive ketones (excluding diaryl/α,β-unsaturated/α-hetero) is 1. The van der Waals surface area contributed by atoms with Crippen LogP contribution in [0.4, 0.5) is 4.79 Å². The van der Waals surface area contributed by atoms with Crippen LogP contribution < -0.4 is 21.7 Å². The molecule has 0 aromatic rings. The average Bonchev–Trinajstić information content (AvgIpc) is 3.26. The van der Waals surface area contributed by atoms with E-state index in [4.69, 9.17) is 5.73 Å². The summed E-state index contributed by atoms with van der Waals surface area (Å²) in [6.45, 7) is 11.2. The summed E-state index contributed by atoms with van der Waals surface area (Å²) in [5, 5.41) is 21.1. The maximum absolute atomic E-state index is 14.2. The van der Waals surface area contributed by atoms with Gasteiger partial charge in [0.25, 0.3) is 5.91 Å². The van der Waals surface area contributed by atoms with Gasteiger partial charge in [0.05, 0.1) is 28.1 Å². The van der Waals surface area contributed by atoms with Gasteiger partial charge in [0.15, 0.2) is 9.84 Å². The lowest BCUT2D eigenvalue weighted by atomic mass is 9.78. The highest BCUT2D eigenvalue weighted by Gasteiger charge is 2.74. The quantitative estimate of drug-likeness (QED) is 0.204. The maximum atomic E-state index is 14.2. The van der Waals surface area contributed by atoms with E-state index >= 15 is 0 Å². The fraction of sp³-hybridized carbons (Fsp3) is 0.886. The molecule has 6 atom stereocenters. The number of nitrogens with two attached hydrogens (primary N) is 1. The van der Waals surface area contributed by atoms with Gasteiger partial charge in [-0.25, -0.2) is 13.2 Å². The smallest absolute Gasteiger partial charge is 0.315 e. The number of fused-ring (bicyclic) bond motifs is 3. The molecule has 0 bridgehead atoms. The Labute approximate surface area is 286 Å². The Morgan fingerprint density at radius 2 is 1.48 bits per heavy atom. The number of urea groups is 1. The van der Waals surface area contributed by atoms with E-state index in [1.54, 1.807) is 25.7 Å². The van der Waals surface area contributed by atoms with Crippen LogP contribution >= 0.6 is 0 Å². The minimum absolute atomic E-state index is 0.00271. The molecule has 4 amide bonds. The number of piperidine rings is 1. The van der Waals surface area contributed by atoms with Crippen LogP contribution in [-0.2, 0) is 24.2 Å². The van der Waals surface area contributed by atoms with Crippen molar-refractivity contribution in [3.05, 3.63) is 0 Å². The Bertz CT molecular complexity index is 1370. The van der Waals surface area contributed by atoms with Crippen LogP contribution in [0.2, 0.25) is 0 Å². The van der Waals surface area contributed by atoms with E-state index in [0.717, 1.165) is 64.2 Å². The minimum atomic E-state index is -3.54. The standard InChI is InChI=1S/C35H59N5O7S/c1-32(2,3)27(38-31(45)39-34(15-8-7-9-16-34)20-48(46,47)33(4,5)6)30(44)40-19-22-23(35(22)17-10-11-18-35)25(40)29(43)37-24(21-13-12-14-21)26(41)28(36)42/h21-25,27,30,44H,7-20H2,1-6H3,(H2,36,42)(H,37,43)(H2,38,39,45)/t22?,23?,24?,25-,27+,30?/m0/s1. The molecule has 4 unspecified atom stereocenters. The second kappa shape index (κ2) is 13.1. The largest absolute Gasteiger partial charge is 0.376 e. The Kier molecular flexibility index (Phi) is 10.1. The molecule has 4 aliphatic carbocycles. The highest BCUT2D eigenvalue weighted by Crippen LogP contribution is 2.72. The Hall–Kier alpha value is -2.25. The van der Waals surface area contributed by atoms with Crippen LogP contribution in [0.3, 0.4) is 0 Å². The highest BCUT2D eigenvalue weighted by molar-refractivity contribution is 7.92. The lowest BCUT2D eigenvalue weighted by Crippen LogP contribution is -2.65. The number of primary amides is 1. The van der Waals surface area contributed by atoms with Crippen molar-refractivity contribution in [1.29, 1.82) is 0 Å². The number of likely N-dealkylation sites (tertiary alicyclic amines) is 1. The van der Waals surface area contributed by atoms with Gasteiger partial charge >= 0.3 is 6.03 Å². The van der Waals surface area contributed by atoms with Crippen molar-refractivity contribution in [1.82, 2.24) is 20.9 Å². The third kappa shape index (κ3) is 7.02. The van der Waals surface area contributed by atoms with Gasteiger partial charge in [-0.2, -0.15) is 0 Å². The van der Waals surface area contributed by atoms with Crippen LogP contribution in [0.25, 0.3) is 0 Å². The monoisotopic (exact) mass is 693 g/mol. The summed E-state index contributed by atoms with van der Waals surface area (Å²) >= 11 is 0. The normalized spacial score (nSPS) is 28.9. The van der Waals surface area contributed by atoms with Gasteiger partial charge in [0, 0.05) is 6.54 Å². The molecule has 6 N–H and O–H groups in total. The first kappa shape index (κ1) is 37.0. The number of hydrogen-bond acceptors (Lipinski definition) is 8. The van der Waals surface area contributed by atoms with Crippen LogP contribution in [0.5, 0.6) is 0 Å². The molecule has 1 saturated heterocycles. The third-order valence-corrected chi connectivity index (χ3v) is 15.3. The summed E-state index contributed by atoms with van der Waals surface area (Å²) in [7, 11) is -3.54. The molecule has 4 saturated carbocycles. The number of aliphatic hydroxyl groups excluding tert-OH is 1. The molecule has 12 nitrogen and oxygen atoms in total. The molecule has 1 heterocycles. The molecule has 1 aliphatic heterocycles. The molecule has 5 fully saturated rings. The number of rotatable bonds is 11. The number of nitrogens with zero attached hydrogens (tertiary/aromatic N) is 1. The average molecular weight is 694 g/mol. The fourth-order valence-corrected chi connectivity index (χ4v) is 10.9. The number of sulfone groups is 1. The van der Waals surface area contributed by atoms with Crippen molar-refractivity contribution in [2.45, 2.75) is 153 Å². The second-order valence-electron chi connectivity index (χ2n) is 17.7. The number of carbonyl (C=O) groups is 4. The zero-order valence-electron chi connectivity index (χ0n) is 29.8. The summed E-state index contributed by atoms with van der Waals surface area (Å²) in [6.07, 6.45) is 9.01. The van der Waals surface area contributed by atoms with Crippen LogP contribution in [0.1, 0.15) is 119 Å². The van der Waals surface area contributed by atoms with E-state index in [-0.39, 0.29) is 34.8 Å². The van der Waals surface area contributed by atoms with Gasteiger partial charge in [-0.05, 0) is 87.9 Å². The fourth-order valence-electron chi connectivity index (χ4n) is 9.34. The van der Waals surface area contributed by atoms with Crippen molar-refractivity contribution < 1.29 is 32.7 Å². The van der Waals surface area contributed by atoms with Gasteiger partial charge in [0.2, 0.25) is 11.7 Å². The van der Waals surface area contributed by atoms with E-state index in [9.17, 15) is 32.7 Å². The number of aliphatic hydroxyl groups is 1. The van der Waals surface area contributed by atoms with E-state index in [1.807, 2.05) is 20.8 Å². The molecular formula is C35H59N5O7S. The predicted molar refractivity (Wildman–Crippen MR) is 182 cm³/mol. The minimum Gasteiger partial charge on any atom is -0.376 e. The molecule has 272 valence electrons. The van der Waals surface area contributed by atoms with E-state index in [2.05, 4.69) is 16.0 Å². The van der Waals surface area contributed by atoms with Crippen LogP contribution in [0.15, 0.2) is 0 Å². The second-order valence-corrected chi connectivity index (χ2v) is 20.4. The molecular weight excluding hydrogens is 634 g/mol. The van der Waals surface area contributed by atoms with Crippen molar-refractivity contribution in [2.24, 2.45) is 34.3 Å². The SMILES string of the molecule is CC(C)(C)[C@H](NC(=O)NC1(CS(=O)(=O)C(C)(C)C)CCCCC1)C(O)N1CC2C([C@H]1C(=O)NC(C(=O)C(N)=O)C1CCC1)C21CCCC1. The van der Waals surface area contributed by atoms with Gasteiger partial charge in [-0.1, -0.05) is 59.3 Å². The summed E-state index contributed by atoms with van der Waals surface area (Å²) < 4.78 is 25.7. The molecule has 0 aromatic carbocycles. The zero-order valence-corrected chi connectivity index (χ0v) is 30.6. The molecule has 5 aliphatic rings. The Morgan fingerprint density at radius 3 is 1.98 bits per heavy atom. The lowest BCUT2D eigenvalue weighted by molar-refractivity contribution is -0.143. The zero-order chi connectivity index (χ0) is 35.4. The third-order valence-electron chi connectivity index (χ3n) is 12.5. The number of amides is 4. The van der Waals surface area contributed by atoms with Gasteiger partial charge < -0.3 is 26.8 Å². The molecule has 48 heavy (non-hydrogen) atoms. The predicted octanol–water partition coefficient (Wildman–Crippen LogP) is 2.76. The summed E-state index contributed by atoms with van der Waals surface area (Å²) in [6, 6.07) is -3.09. The number of carbonyl (C=O) groups excluding carboxylic acids is 4. The summed E-state index contributed by atoms with van der Waals surface area (Å²) in [5.74, 6) is -2.34. The molecule has 0 aromatic heterocycles. The van der Waals surface area contributed by atoms with Crippen molar-refractivity contribution >= 4 is 33.5 Å². The maximum Gasteiger partial charge on any atom is 0.315 e. The van der Waals surface area contributed by atoms with E-state index in [0.29, 0.717) is 19.4 Å². The summed E-state index contributed by atoms with van der Waals surface area (Å²) in [4.78, 5) is 54.5. The first-order valence-corrected chi connectivity index (χ1v) is 19.8. The van der Waals surface area contributed by atoms with Crippen molar-refractivity contribution in [3.63, 3.8) is 0 Å².